The van der Waals surface area contributed by atoms with Crippen molar-refractivity contribution >= 4 is 10.1 Å². The van der Waals surface area contributed by atoms with Gasteiger partial charge in [-0.3, -0.25) is 0 Å². The predicted octanol–water partition coefficient (Wildman–Crippen LogP) is 4.51. The molecule has 1 aromatic carbocycles. The Balaban J connectivity index is 3.68. The van der Waals surface area contributed by atoms with Gasteiger partial charge in [-0.25, -0.2) is 0 Å². The van der Waals surface area contributed by atoms with Gasteiger partial charge in [0.2, 0.25) is 0 Å². The summed E-state index contributed by atoms with van der Waals surface area (Å²) in [4.78, 5) is 0. The third-order valence-corrected chi connectivity index (χ3v) is 12.6. The maximum absolute atomic E-state index is 14.3. The van der Waals surface area contributed by atoms with E-state index in [1.165, 1.54) is 13.0 Å². The van der Waals surface area contributed by atoms with E-state index in [-0.39, 0.29) is 16.4 Å². The topological polar surface area (TPSA) is 43.4 Å². The fourth-order valence-corrected chi connectivity index (χ4v) is 10.1. The van der Waals surface area contributed by atoms with Gasteiger partial charge in [0.1, 0.15) is 4.43 Å². The number of alkyl halides is 18. The summed E-state index contributed by atoms with van der Waals surface area (Å²) in [5.41, 5.74) is 0. The van der Waals surface area contributed by atoms with E-state index in [0.29, 0.717) is 0 Å². The van der Waals surface area contributed by atoms with E-state index < -0.39 is 81.7 Å². The molecule has 0 heterocycles. The maximum atomic E-state index is 14.3. The number of unbranched alkanes of at least 4 members (excludes halogenated alkanes) is 1. The minimum Gasteiger partial charge on any atom is -0.192 e. The molecule has 1 radical (unpaired) electrons. The van der Waals surface area contributed by atoms with Crippen LogP contribution in [0.2, 0.25) is 0 Å². The van der Waals surface area contributed by atoms with E-state index in [0.717, 1.165) is 24.3 Å². The van der Waals surface area contributed by atoms with Gasteiger partial charge in [0, 0.05) is 0 Å². The molecule has 40 heavy (non-hydrogen) atoms. The zero-order valence-corrected chi connectivity index (χ0v) is 21.9. The molecule has 0 unspecified atom stereocenters. The number of benzene rings is 1. The van der Waals surface area contributed by atoms with Gasteiger partial charge < -0.3 is 0 Å². The van der Waals surface area contributed by atoms with Crippen molar-refractivity contribution in [2.45, 2.75) is 66.7 Å². The second kappa shape index (κ2) is 11.1. The van der Waals surface area contributed by atoms with Crippen molar-refractivity contribution in [3.63, 3.8) is 0 Å². The van der Waals surface area contributed by atoms with Gasteiger partial charge in [-0.15, -0.1) is 0 Å². The van der Waals surface area contributed by atoms with Crippen molar-refractivity contribution in [2.24, 2.45) is 0 Å². The molecular weight excluding hydrogens is 746 g/mol. The van der Waals surface area contributed by atoms with Gasteiger partial charge in [-0.1, -0.05) is 31.5 Å². The van der Waals surface area contributed by atoms with E-state index in [9.17, 15) is 83.1 Å². The molecule has 0 fully saturated rings. The van der Waals surface area contributed by atoms with E-state index in [1.807, 2.05) is 0 Å². The number of hydrogen-bond acceptors (Lipinski definition) is 3. The standard InChI is InChI=1S/C18H14F17IO3S/c1-2-3-9-36(10-7-5-4-6-8-10)39-40(37,38)18(34,35)16(29,30)14(25,26)12(21,22)11(19,20)13(23,24)15(27,28)17(31,32)33/h4-8H,2-3,9H2,1H3/q+1. The first kappa shape index (κ1) is 36.7. The zero-order valence-electron chi connectivity index (χ0n) is 18.9. The summed E-state index contributed by atoms with van der Waals surface area (Å²) in [5.74, 6) is -51.8. The number of halogens is 18. The summed E-state index contributed by atoms with van der Waals surface area (Å²) in [6.45, 7) is 1.44. The molecule has 235 valence electrons. The Morgan fingerprint density at radius 2 is 1.00 bits per heavy atom. The van der Waals surface area contributed by atoms with Crippen LogP contribution in [-0.4, -0.2) is 59.8 Å². The SMILES string of the molecule is CCCC[I+](OS(=O)(=O)C(F)(F)C(F)(F)C(F)(F)C(F)(F)C(F)(F)C(F)(F)C(F)(F)C(F)(F)F)c1ccccc1. The van der Waals surface area contributed by atoms with Gasteiger partial charge in [0.25, 0.3) is 20.2 Å². The Hall–Kier alpha value is -1.33. The third kappa shape index (κ3) is 5.55. The molecular formula is C18H14F17IO3S+. The lowest BCUT2D eigenvalue weighted by atomic mass is 9.91. The van der Waals surface area contributed by atoms with Crippen LogP contribution in [0.1, 0.15) is 19.8 Å². The van der Waals surface area contributed by atoms with Crippen LogP contribution in [0.4, 0.5) is 74.6 Å². The Morgan fingerprint density at radius 3 is 1.38 bits per heavy atom. The van der Waals surface area contributed by atoms with Crippen molar-refractivity contribution in [1.29, 1.82) is 0 Å². The van der Waals surface area contributed by atoms with E-state index >= 15 is 0 Å². The van der Waals surface area contributed by atoms with Crippen molar-refractivity contribution in [1.82, 2.24) is 0 Å². The van der Waals surface area contributed by atoms with Crippen molar-refractivity contribution in [3.8, 4) is 0 Å². The lowest BCUT2D eigenvalue weighted by Crippen LogP contribution is -3.86. The quantitative estimate of drug-likeness (QED) is 0.169. The Labute approximate surface area is 221 Å². The van der Waals surface area contributed by atoms with Gasteiger partial charge in [0.15, 0.2) is 3.57 Å². The fraction of sp³-hybridized carbons (Fsp3) is 0.667. The molecule has 0 N–H and O–H groups in total. The van der Waals surface area contributed by atoms with E-state index in [4.69, 9.17) is 0 Å². The van der Waals surface area contributed by atoms with Crippen LogP contribution in [0.5, 0.6) is 0 Å². The van der Waals surface area contributed by atoms with E-state index in [1.54, 1.807) is 0 Å². The van der Waals surface area contributed by atoms with Gasteiger partial charge in [-0.2, -0.15) is 83.1 Å². The van der Waals surface area contributed by atoms with Crippen LogP contribution in [-0.2, 0) is 12.6 Å². The molecule has 0 spiro atoms. The Kier molecular flexibility index (Phi) is 10.1. The second-order valence-corrected chi connectivity index (χ2v) is 14.4. The highest BCUT2D eigenvalue weighted by Crippen LogP contribution is 2.64. The van der Waals surface area contributed by atoms with Crippen LogP contribution in [0.3, 0.4) is 0 Å². The van der Waals surface area contributed by atoms with Crippen LogP contribution in [0.15, 0.2) is 30.3 Å². The summed E-state index contributed by atoms with van der Waals surface area (Å²) in [6, 6.07) is 5.55. The summed E-state index contributed by atoms with van der Waals surface area (Å²) >= 11 is -4.15. The number of hydrogen-bond donors (Lipinski definition) is 0. The van der Waals surface area contributed by atoms with Crippen LogP contribution >= 0.6 is 0 Å². The predicted molar refractivity (Wildman–Crippen MR) is 95.6 cm³/mol. The summed E-state index contributed by atoms with van der Waals surface area (Å²) in [6.07, 6.45) is -7.78. The molecule has 22 heteroatoms. The fourth-order valence-electron chi connectivity index (χ4n) is 2.43. The zero-order chi connectivity index (χ0) is 32.0. The van der Waals surface area contributed by atoms with Crippen LogP contribution in [0.25, 0.3) is 0 Å². The first-order chi connectivity index (χ1) is 17.5. The Bertz CT molecular complexity index is 1120. The average molecular weight is 760 g/mol. The summed E-state index contributed by atoms with van der Waals surface area (Å²) < 4.78 is 255. The molecule has 1 aromatic rings. The highest BCUT2D eigenvalue weighted by Gasteiger charge is 2.96. The van der Waals surface area contributed by atoms with Gasteiger partial charge >= 0.3 is 57.1 Å². The highest BCUT2D eigenvalue weighted by atomic mass is 127. The molecule has 0 atom stereocenters. The monoisotopic (exact) mass is 760 g/mol. The summed E-state index contributed by atoms with van der Waals surface area (Å²) in [5, 5.41) is -7.67. The second-order valence-electron chi connectivity index (χ2n) is 7.64. The summed E-state index contributed by atoms with van der Waals surface area (Å²) in [7, 11) is -7.56. The maximum Gasteiger partial charge on any atom is 0.460 e. The molecule has 0 aliphatic rings. The lowest BCUT2D eigenvalue weighted by molar-refractivity contribution is -1.05. The Morgan fingerprint density at radius 1 is 0.625 bits per heavy atom. The minimum atomic E-state index is -8.87. The van der Waals surface area contributed by atoms with Gasteiger partial charge in [0.05, 0.1) is 0 Å². The van der Waals surface area contributed by atoms with Crippen molar-refractivity contribution in [2.75, 3.05) is 4.43 Å². The first-order valence-electron chi connectivity index (χ1n) is 9.90. The molecule has 1 rings (SSSR count). The normalized spacial score (nSPS) is 15.6. The first-order valence-corrected chi connectivity index (χ1v) is 14.8. The highest BCUT2D eigenvalue weighted by molar-refractivity contribution is 7.87. The molecule has 0 aromatic heterocycles. The largest absolute Gasteiger partial charge is 0.460 e. The molecule has 0 amide bonds. The minimum absolute atomic E-state index is 0.0693. The number of rotatable bonds is 13. The molecule has 0 saturated carbocycles. The van der Waals surface area contributed by atoms with Crippen LogP contribution < -0.4 is 20.2 Å². The third-order valence-electron chi connectivity index (χ3n) is 4.80. The van der Waals surface area contributed by atoms with E-state index in [2.05, 4.69) is 2.51 Å². The molecule has 0 saturated heterocycles. The molecule has 0 bridgehead atoms. The van der Waals surface area contributed by atoms with Crippen molar-refractivity contribution < 1.29 is 106 Å². The van der Waals surface area contributed by atoms with Gasteiger partial charge in [-0.05, 0) is 21.1 Å². The molecule has 0 aliphatic heterocycles. The molecule has 3 nitrogen and oxygen atoms in total. The molecule has 0 aliphatic carbocycles. The van der Waals surface area contributed by atoms with Crippen molar-refractivity contribution in [3.05, 3.63) is 33.9 Å². The lowest BCUT2D eigenvalue weighted by Gasteiger charge is -2.42. The average Bonchev–Trinajstić information content (AvgIpc) is 2.80. The smallest absolute Gasteiger partial charge is 0.192 e. The van der Waals surface area contributed by atoms with Crippen LogP contribution in [0, 0.1) is 3.57 Å².